The summed E-state index contributed by atoms with van der Waals surface area (Å²) in [5.74, 6) is -2.30. The van der Waals surface area contributed by atoms with Gasteiger partial charge in [-0.05, 0) is 25.1 Å². The molecule has 2 aliphatic heterocycles. The molecule has 2 atom stereocenters. The molecular formula is C16H18ClF3N4O4S2. The van der Waals surface area contributed by atoms with Gasteiger partial charge in [-0.3, -0.25) is 0 Å². The first-order valence-electron chi connectivity index (χ1n) is 8.66. The first-order valence-corrected chi connectivity index (χ1v) is 11.4. The number of sulfonamides is 1. The van der Waals surface area contributed by atoms with Gasteiger partial charge in [-0.1, -0.05) is 30.0 Å². The number of nitrogens with zero attached hydrogens (tertiary/aromatic N) is 3. The Labute approximate surface area is 180 Å². The van der Waals surface area contributed by atoms with Crippen LogP contribution in [0.2, 0.25) is 0 Å². The fourth-order valence-corrected chi connectivity index (χ4v) is 5.98. The van der Waals surface area contributed by atoms with Crippen LogP contribution in [0.1, 0.15) is 6.42 Å². The van der Waals surface area contributed by atoms with Crippen LogP contribution in [-0.4, -0.2) is 66.0 Å². The molecule has 0 bridgehead atoms. The first kappa shape index (κ1) is 23.0. The topological polar surface area (TPSA) is 82.2 Å². The van der Waals surface area contributed by atoms with E-state index in [0.29, 0.717) is 12.4 Å². The molecule has 1 unspecified atom stereocenters. The molecule has 1 N–H and O–H groups in total. The number of alkyl halides is 3. The molecule has 0 aliphatic carbocycles. The lowest BCUT2D eigenvalue weighted by molar-refractivity contribution is -0.226. The van der Waals surface area contributed by atoms with Gasteiger partial charge in [0.15, 0.2) is 0 Å². The highest BCUT2D eigenvalue weighted by atomic mass is 35.5. The number of thioether (sulfide) groups is 1. The zero-order chi connectivity index (χ0) is 22.1. The van der Waals surface area contributed by atoms with Crippen molar-refractivity contribution in [2.45, 2.75) is 29.0 Å². The predicted octanol–water partition coefficient (Wildman–Crippen LogP) is 2.28. The summed E-state index contributed by atoms with van der Waals surface area (Å²) in [5, 5.41) is 4.68. The van der Waals surface area contributed by atoms with Crippen LogP contribution in [0.5, 0.6) is 0 Å². The van der Waals surface area contributed by atoms with Gasteiger partial charge in [0.2, 0.25) is 5.50 Å². The summed E-state index contributed by atoms with van der Waals surface area (Å²) in [4.78, 5) is 17.2. The molecule has 3 rings (SSSR count). The lowest BCUT2D eigenvalue weighted by atomic mass is 10.2. The Balaban J connectivity index is 1.90. The maximum absolute atomic E-state index is 13.0. The molecule has 2 aliphatic rings. The molecule has 2 heterocycles. The standard InChI is InChI=1S/C16H18ClF3N4O4S2/c1-22(11-7-8-21-9-11)13-10-29-15(23(13)17)24(28-14(25)16(18,19)20)30(26,27)12-5-3-2-4-6-12/h2-6,10-11,15,21H,7-9H2,1H3/t11?,15-/m1/s1. The van der Waals surface area contributed by atoms with Crippen LogP contribution in [0, 0.1) is 0 Å². The predicted molar refractivity (Wildman–Crippen MR) is 104 cm³/mol. The molecule has 1 aromatic rings. The zero-order valence-corrected chi connectivity index (χ0v) is 17.9. The van der Waals surface area contributed by atoms with Crippen molar-refractivity contribution in [1.29, 1.82) is 0 Å². The highest BCUT2D eigenvalue weighted by molar-refractivity contribution is 8.03. The van der Waals surface area contributed by atoms with Crippen molar-refractivity contribution in [3.63, 3.8) is 0 Å². The van der Waals surface area contributed by atoms with Crippen LogP contribution < -0.4 is 5.32 Å². The van der Waals surface area contributed by atoms with E-state index in [1.54, 1.807) is 11.9 Å². The van der Waals surface area contributed by atoms with E-state index < -0.39 is 27.7 Å². The second kappa shape index (κ2) is 8.83. The molecule has 0 radical (unpaired) electrons. The molecule has 0 aromatic heterocycles. The van der Waals surface area contributed by atoms with E-state index in [1.807, 2.05) is 0 Å². The number of carbonyl (C=O) groups is 1. The van der Waals surface area contributed by atoms with Crippen molar-refractivity contribution >= 4 is 39.5 Å². The van der Waals surface area contributed by atoms with Gasteiger partial charge < -0.3 is 15.1 Å². The van der Waals surface area contributed by atoms with Gasteiger partial charge in [0.1, 0.15) is 5.82 Å². The number of nitrogens with one attached hydrogen (secondary N) is 1. The van der Waals surface area contributed by atoms with E-state index in [0.717, 1.165) is 29.1 Å². The smallest absolute Gasteiger partial charge is 0.356 e. The maximum atomic E-state index is 13.0. The van der Waals surface area contributed by atoms with Gasteiger partial charge in [-0.25, -0.2) is 17.6 Å². The molecule has 0 amide bonds. The fraction of sp³-hybridized carbons (Fsp3) is 0.438. The summed E-state index contributed by atoms with van der Waals surface area (Å²) in [6.07, 6.45) is -4.59. The van der Waals surface area contributed by atoms with Gasteiger partial charge >= 0.3 is 12.1 Å². The molecule has 30 heavy (non-hydrogen) atoms. The van der Waals surface area contributed by atoms with Gasteiger partial charge in [0.25, 0.3) is 10.0 Å². The number of carbonyl (C=O) groups excluding carboxylic acids is 1. The van der Waals surface area contributed by atoms with Crippen LogP contribution in [0.3, 0.4) is 0 Å². The highest BCUT2D eigenvalue weighted by Gasteiger charge is 2.49. The summed E-state index contributed by atoms with van der Waals surface area (Å²) in [7, 11) is -2.93. The third-order valence-electron chi connectivity index (χ3n) is 4.51. The third-order valence-corrected chi connectivity index (χ3v) is 7.73. The Morgan fingerprint density at radius 3 is 2.57 bits per heavy atom. The van der Waals surface area contributed by atoms with Crippen LogP contribution in [-0.2, 0) is 19.7 Å². The Hall–Kier alpha value is -1.67. The van der Waals surface area contributed by atoms with E-state index in [1.165, 1.54) is 35.7 Å². The summed E-state index contributed by atoms with van der Waals surface area (Å²) >= 11 is 7.11. The number of hydrogen-bond acceptors (Lipinski definition) is 8. The quantitative estimate of drug-likeness (QED) is 0.484. The van der Waals surface area contributed by atoms with E-state index >= 15 is 0 Å². The number of hydroxylamine groups is 1. The Morgan fingerprint density at radius 1 is 1.33 bits per heavy atom. The summed E-state index contributed by atoms with van der Waals surface area (Å²) in [5.41, 5.74) is -1.48. The third kappa shape index (κ3) is 4.64. The van der Waals surface area contributed by atoms with E-state index in [9.17, 15) is 26.4 Å². The van der Waals surface area contributed by atoms with Gasteiger partial charge in [0, 0.05) is 41.3 Å². The van der Waals surface area contributed by atoms with Gasteiger partial charge in [-0.15, -0.1) is 0 Å². The largest absolute Gasteiger partial charge is 0.492 e. The average Bonchev–Trinajstić information content (AvgIpc) is 3.35. The van der Waals surface area contributed by atoms with Gasteiger partial charge in [-0.2, -0.15) is 13.2 Å². The first-order chi connectivity index (χ1) is 14.0. The minimum Gasteiger partial charge on any atom is -0.356 e. The fourth-order valence-electron chi connectivity index (χ4n) is 2.90. The second-order valence-corrected chi connectivity index (χ2v) is 9.53. The van der Waals surface area contributed by atoms with E-state index in [2.05, 4.69) is 10.2 Å². The second-order valence-electron chi connectivity index (χ2n) is 6.46. The van der Waals surface area contributed by atoms with Crippen molar-refractivity contribution in [2.24, 2.45) is 0 Å². The van der Waals surface area contributed by atoms with Crippen molar-refractivity contribution in [2.75, 3.05) is 20.1 Å². The maximum Gasteiger partial charge on any atom is 0.492 e. The lowest BCUT2D eigenvalue weighted by Crippen LogP contribution is -2.48. The summed E-state index contributed by atoms with van der Waals surface area (Å²) < 4.78 is 65.4. The Bertz CT molecular complexity index is 911. The van der Waals surface area contributed by atoms with Crippen molar-refractivity contribution in [1.82, 2.24) is 19.1 Å². The number of hydrogen-bond donors (Lipinski definition) is 1. The summed E-state index contributed by atoms with van der Waals surface area (Å²) in [6, 6.07) is 6.73. The monoisotopic (exact) mass is 486 g/mol. The lowest BCUT2D eigenvalue weighted by Gasteiger charge is -2.34. The van der Waals surface area contributed by atoms with Crippen LogP contribution in [0.4, 0.5) is 13.2 Å². The number of likely N-dealkylation sites (N-methyl/N-ethyl adjacent to an activating group) is 1. The van der Waals surface area contributed by atoms with Crippen molar-refractivity contribution < 1.29 is 31.2 Å². The summed E-state index contributed by atoms with van der Waals surface area (Å²) in [6.45, 7) is 1.46. The van der Waals surface area contributed by atoms with Crippen LogP contribution in [0.15, 0.2) is 46.5 Å². The molecule has 8 nitrogen and oxygen atoms in total. The molecule has 0 spiro atoms. The Kier molecular flexibility index (Phi) is 6.77. The molecule has 14 heteroatoms. The Morgan fingerprint density at radius 2 is 2.00 bits per heavy atom. The molecule has 1 fully saturated rings. The number of halogens is 4. The zero-order valence-electron chi connectivity index (χ0n) is 15.5. The normalized spacial score (nSPS) is 22.3. The average molecular weight is 487 g/mol. The SMILES string of the molecule is CN(C1=CS[C@@H](N(OC(=O)C(F)(F)F)S(=O)(=O)c2ccccc2)N1Cl)C1CCNC1. The van der Waals surface area contributed by atoms with Gasteiger partial charge in [0.05, 0.1) is 4.90 Å². The number of rotatable bonds is 6. The number of benzene rings is 1. The molecule has 0 saturated carbocycles. The minimum atomic E-state index is -5.40. The van der Waals surface area contributed by atoms with E-state index in [4.69, 9.17) is 11.8 Å². The molecule has 1 aromatic carbocycles. The molecule has 166 valence electrons. The molecular weight excluding hydrogens is 469 g/mol. The van der Waals surface area contributed by atoms with Crippen molar-refractivity contribution in [3.05, 3.63) is 41.6 Å². The van der Waals surface area contributed by atoms with Crippen LogP contribution >= 0.6 is 23.5 Å². The molecule has 1 saturated heterocycles. The van der Waals surface area contributed by atoms with Crippen LogP contribution in [0.25, 0.3) is 0 Å². The minimum absolute atomic E-state index is 0.0138. The van der Waals surface area contributed by atoms with Crippen molar-refractivity contribution in [3.8, 4) is 0 Å². The van der Waals surface area contributed by atoms with E-state index in [-0.39, 0.29) is 15.4 Å². The highest BCUT2D eigenvalue weighted by Crippen LogP contribution is 2.40.